The van der Waals surface area contributed by atoms with Gasteiger partial charge in [-0.3, -0.25) is 4.79 Å². The summed E-state index contributed by atoms with van der Waals surface area (Å²) in [5.41, 5.74) is 0. The smallest absolute Gasteiger partial charge is 0.366 e. The molecule has 0 fully saturated rings. The van der Waals surface area contributed by atoms with Gasteiger partial charge in [0.25, 0.3) is 5.79 Å². The van der Waals surface area contributed by atoms with E-state index in [1.165, 1.54) is 0 Å². The molecule has 1 unspecified atom stereocenters. The maximum atomic E-state index is 10.1. The van der Waals surface area contributed by atoms with Crippen LogP contribution in [0.15, 0.2) is 0 Å². The molecule has 0 spiro atoms. The third-order valence-corrected chi connectivity index (χ3v) is 1.41. The van der Waals surface area contributed by atoms with Crippen molar-refractivity contribution in [3.63, 3.8) is 0 Å². The third kappa shape index (κ3) is 3.36. The monoisotopic (exact) mass is 194 g/mol. The summed E-state index contributed by atoms with van der Waals surface area (Å²) in [6.07, 6.45) is -3.12. The molecule has 7 nitrogen and oxygen atoms in total. The van der Waals surface area contributed by atoms with Crippen LogP contribution in [0.25, 0.3) is 0 Å². The molecule has 76 valence electrons. The first kappa shape index (κ1) is 11.8. The van der Waals surface area contributed by atoms with Crippen LogP contribution in [0.2, 0.25) is 0 Å². The summed E-state index contributed by atoms with van der Waals surface area (Å²) in [5, 5.41) is 42.5. The van der Waals surface area contributed by atoms with Crippen molar-refractivity contribution < 1.29 is 35.1 Å². The van der Waals surface area contributed by atoms with Gasteiger partial charge in [0.2, 0.25) is 0 Å². The van der Waals surface area contributed by atoms with Crippen molar-refractivity contribution in [2.75, 3.05) is 0 Å². The second-order valence-corrected chi connectivity index (χ2v) is 2.48. The highest BCUT2D eigenvalue weighted by molar-refractivity contribution is 5.75. The zero-order valence-corrected chi connectivity index (χ0v) is 6.54. The summed E-state index contributed by atoms with van der Waals surface area (Å²) in [4.78, 5) is 20.1. The van der Waals surface area contributed by atoms with Gasteiger partial charge in [0, 0.05) is 6.42 Å². The molecule has 13 heavy (non-hydrogen) atoms. The van der Waals surface area contributed by atoms with E-state index in [0.29, 0.717) is 0 Å². The number of carboxylic acids is 2. The lowest BCUT2D eigenvalue weighted by Crippen LogP contribution is -2.49. The molecule has 7 heteroatoms. The SMILES string of the molecule is O=C(O)CCC(O)C(O)(O)C(=O)O. The molecule has 0 aliphatic carbocycles. The number of hydrogen-bond acceptors (Lipinski definition) is 5. The summed E-state index contributed by atoms with van der Waals surface area (Å²) in [5.74, 6) is -6.58. The molecule has 0 radical (unpaired) electrons. The highest BCUT2D eigenvalue weighted by Crippen LogP contribution is 2.12. The normalized spacial score (nSPS) is 13.8. The van der Waals surface area contributed by atoms with Gasteiger partial charge < -0.3 is 25.5 Å². The van der Waals surface area contributed by atoms with E-state index in [-0.39, 0.29) is 0 Å². The molecule has 0 heterocycles. The van der Waals surface area contributed by atoms with Crippen molar-refractivity contribution in [2.24, 2.45) is 0 Å². The zero-order chi connectivity index (χ0) is 10.6. The molecule has 0 aromatic heterocycles. The number of hydrogen-bond donors (Lipinski definition) is 5. The first-order chi connectivity index (χ1) is 5.78. The number of aliphatic carboxylic acids is 2. The van der Waals surface area contributed by atoms with Crippen molar-refractivity contribution in [3.8, 4) is 0 Å². The Morgan fingerprint density at radius 2 is 1.69 bits per heavy atom. The van der Waals surface area contributed by atoms with Crippen LogP contribution in [0.3, 0.4) is 0 Å². The van der Waals surface area contributed by atoms with E-state index >= 15 is 0 Å². The van der Waals surface area contributed by atoms with Gasteiger partial charge in [0.05, 0.1) is 0 Å². The molecule has 5 N–H and O–H groups in total. The molecule has 0 aromatic rings. The molecule has 0 amide bonds. The maximum absolute atomic E-state index is 10.1. The first-order valence-electron chi connectivity index (χ1n) is 3.36. The number of aliphatic hydroxyl groups is 3. The Morgan fingerprint density at radius 3 is 2.00 bits per heavy atom. The lowest BCUT2D eigenvalue weighted by atomic mass is 10.1. The van der Waals surface area contributed by atoms with Gasteiger partial charge >= 0.3 is 11.9 Å². The van der Waals surface area contributed by atoms with E-state index in [1.54, 1.807) is 0 Å². The Balaban J connectivity index is 4.17. The Labute approximate surface area is 72.9 Å². The van der Waals surface area contributed by atoms with E-state index < -0.39 is 36.7 Å². The van der Waals surface area contributed by atoms with Crippen molar-refractivity contribution in [1.82, 2.24) is 0 Å². The fourth-order valence-electron chi connectivity index (χ4n) is 0.604. The molecule has 1 atom stereocenters. The lowest BCUT2D eigenvalue weighted by Gasteiger charge is -2.21. The van der Waals surface area contributed by atoms with Gasteiger partial charge in [-0.2, -0.15) is 0 Å². The highest BCUT2D eigenvalue weighted by atomic mass is 16.6. The molecule has 0 saturated heterocycles. The topological polar surface area (TPSA) is 135 Å². The molecular formula is C6H10O7. The Kier molecular flexibility index (Phi) is 3.79. The van der Waals surface area contributed by atoms with E-state index in [1.807, 2.05) is 0 Å². The average Bonchev–Trinajstić information content (AvgIpc) is 1.99. The predicted octanol–water partition coefficient (Wildman–Crippen LogP) is -2.02. The molecule has 0 aliphatic heterocycles. The van der Waals surface area contributed by atoms with Crippen LogP contribution in [-0.2, 0) is 9.59 Å². The second kappa shape index (κ2) is 4.17. The number of carboxylic acid groups (broad SMARTS) is 2. The fraction of sp³-hybridized carbons (Fsp3) is 0.667. The van der Waals surface area contributed by atoms with Crippen LogP contribution in [0.4, 0.5) is 0 Å². The van der Waals surface area contributed by atoms with E-state index in [4.69, 9.17) is 25.5 Å². The second-order valence-electron chi connectivity index (χ2n) is 2.48. The van der Waals surface area contributed by atoms with Crippen LogP contribution in [-0.4, -0.2) is 49.4 Å². The third-order valence-electron chi connectivity index (χ3n) is 1.41. The Hall–Kier alpha value is -1.18. The number of aliphatic hydroxyl groups excluding tert-OH is 1. The van der Waals surface area contributed by atoms with E-state index in [2.05, 4.69) is 0 Å². The largest absolute Gasteiger partial charge is 0.481 e. The van der Waals surface area contributed by atoms with Gasteiger partial charge in [-0.25, -0.2) is 4.79 Å². The molecule has 0 saturated carbocycles. The van der Waals surface area contributed by atoms with Crippen molar-refractivity contribution in [1.29, 1.82) is 0 Å². The lowest BCUT2D eigenvalue weighted by molar-refractivity contribution is -0.237. The standard InChI is InChI=1S/C6H10O7/c7-3(1-2-4(8)9)6(12,13)5(10)11/h3,7,12-13H,1-2H2,(H,8,9)(H,10,11). The van der Waals surface area contributed by atoms with Crippen LogP contribution in [0.5, 0.6) is 0 Å². The Morgan fingerprint density at radius 1 is 1.23 bits per heavy atom. The van der Waals surface area contributed by atoms with Crippen LogP contribution >= 0.6 is 0 Å². The molecule has 0 aromatic carbocycles. The van der Waals surface area contributed by atoms with Gasteiger partial charge in [-0.05, 0) is 6.42 Å². The highest BCUT2D eigenvalue weighted by Gasteiger charge is 2.41. The van der Waals surface area contributed by atoms with Crippen molar-refractivity contribution >= 4 is 11.9 Å². The van der Waals surface area contributed by atoms with E-state index in [9.17, 15) is 9.59 Å². The molecule has 0 rings (SSSR count). The quantitative estimate of drug-likeness (QED) is 0.318. The minimum atomic E-state index is -3.30. The molecule has 0 bridgehead atoms. The van der Waals surface area contributed by atoms with Crippen molar-refractivity contribution in [3.05, 3.63) is 0 Å². The van der Waals surface area contributed by atoms with Crippen molar-refractivity contribution in [2.45, 2.75) is 24.7 Å². The summed E-state index contributed by atoms with van der Waals surface area (Å²) in [7, 11) is 0. The predicted molar refractivity (Wildman–Crippen MR) is 37.7 cm³/mol. The van der Waals surface area contributed by atoms with Crippen LogP contribution < -0.4 is 0 Å². The zero-order valence-electron chi connectivity index (χ0n) is 6.54. The minimum Gasteiger partial charge on any atom is -0.481 e. The fourth-order valence-corrected chi connectivity index (χ4v) is 0.604. The molecular weight excluding hydrogens is 184 g/mol. The first-order valence-corrected chi connectivity index (χ1v) is 3.36. The molecule has 0 aliphatic rings. The summed E-state index contributed by atoms with van der Waals surface area (Å²) < 4.78 is 0. The average molecular weight is 194 g/mol. The van der Waals surface area contributed by atoms with Gasteiger partial charge in [-0.15, -0.1) is 0 Å². The summed E-state index contributed by atoms with van der Waals surface area (Å²) in [6.45, 7) is 0. The van der Waals surface area contributed by atoms with E-state index in [0.717, 1.165) is 0 Å². The number of carbonyl (C=O) groups is 2. The summed E-state index contributed by atoms with van der Waals surface area (Å²) >= 11 is 0. The van der Waals surface area contributed by atoms with Gasteiger partial charge in [0.1, 0.15) is 6.10 Å². The maximum Gasteiger partial charge on any atom is 0.366 e. The number of rotatable bonds is 5. The van der Waals surface area contributed by atoms with Gasteiger partial charge in [-0.1, -0.05) is 0 Å². The minimum absolute atomic E-state index is 0.544. The van der Waals surface area contributed by atoms with Crippen LogP contribution in [0.1, 0.15) is 12.8 Å². The summed E-state index contributed by atoms with van der Waals surface area (Å²) in [6, 6.07) is 0. The van der Waals surface area contributed by atoms with Gasteiger partial charge in [0.15, 0.2) is 0 Å². The Bertz CT molecular complexity index is 209. The van der Waals surface area contributed by atoms with Crippen LogP contribution in [0, 0.1) is 0 Å².